The van der Waals surface area contributed by atoms with Gasteiger partial charge in [-0.05, 0) is 58.0 Å². The molecule has 0 spiro atoms. The van der Waals surface area contributed by atoms with Crippen molar-refractivity contribution in [1.29, 1.82) is 0 Å². The summed E-state index contributed by atoms with van der Waals surface area (Å²) < 4.78 is 0. The van der Waals surface area contributed by atoms with Crippen molar-refractivity contribution in [3.05, 3.63) is 192 Å². The van der Waals surface area contributed by atoms with Crippen molar-refractivity contribution in [2.75, 3.05) is 5.32 Å². The zero-order valence-electron chi connectivity index (χ0n) is 23.6. The maximum Gasteiger partial charge on any atom is 0.0947 e. The van der Waals surface area contributed by atoms with Crippen molar-refractivity contribution in [3.63, 3.8) is 0 Å². The molecule has 1 heterocycles. The molecule has 1 atom stereocenters. The van der Waals surface area contributed by atoms with E-state index in [1.54, 1.807) is 0 Å². The van der Waals surface area contributed by atoms with E-state index in [-0.39, 0.29) is 11.5 Å². The van der Waals surface area contributed by atoms with E-state index in [1.165, 1.54) is 27.8 Å². The quantitative estimate of drug-likeness (QED) is 0.209. The van der Waals surface area contributed by atoms with Crippen LogP contribution in [0.5, 0.6) is 0 Å². The van der Waals surface area contributed by atoms with Gasteiger partial charge in [0.15, 0.2) is 0 Å². The molecule has 6 aromatic carbocycles. The van der Waals surface area contributed by atoms with Gasteiger partial charge in [-0.15, -0.1) is 0 Å². The molecule has 0 amide bonds. The Morgan fingerprint density at radius 3 is 1.60 bits per heavy atom. The van der Waals surface area contributed by atoms with Crippen LogP contribution in [0, 0.1) is 0 Å². The minimum absolute atomic E-state index is 0.0140. The van der Waals surface area contributed by atoms with Crippen LogP contribution < -0.4 is 5.32 Å². The van der Waals surface area contributed by atoms with Crippen LogP contribution in [-0.4, -0.2) is 5.71 Å². The topological polar surface area (TPSA) is 24.4 Å². The maximum atomic E-state index is 5.25. The van der Waals surface area contributed by atoms with Gasteiger partial charge in [0.25, 0.3) is 0 Å². The second-order valence-corrected chi connectivity index (χ2v) is 11.0. The average Bonchev–Trinajstić information content (AvgIpc) is 3.09. The lowest BCUT2D eigenvalue weighted by Gasteiger charge is -2.32. The van der Waals surface area contributed by atoms with Gasteiger partial charge in [-0.1, -0.05) is 152 Å². The normalized spacial score (nSPS) is 14.4. The van der Waals surface area contributed by atoms with Crippen LogP contribution in [-0.2, 0) is 5.41 Å². The zero-order chi connectivity index (χ0) is 28.4. The standard InChI is InChI=1S/C40H32N2/c1-40(33-18-10-4-11-19-33,34-20-12-5-13-21-34)35-25-22-29(23-26-35)32-24-27-36-37(28-32)42-39(31-16-8-3-9-17-31)38(41-36)30-14-6-2-7-15-30/h2-28,38,41H,1H3. The third-order valence-electron chi connectivity index (χ3n) is 8.51. The Morgan fingerprint density at radius 2 is 1.00 bits per heavy atom. The Labute approximate surface area is 248 Å². The Hall–Kier alpha value is -5.21. The van der Waals surface area contributed by atoms with Crippen molar-refractivity contribution < 1.29 is 0 Å². The first kappa shape index (κ1) is 25.7. The summed E-state index contributed by atoms with van der Waals surface area (Å²) in [5, 5.41) is 3.78. The Kier molecular flexibility index (Phi) is 6.73. The fourth-order valence-electron chi connectivity index (χ4n) is 6.11. The summed E-state index contributed by atoms with van der Waals surface area (Å²) in [5.74, 6) is 0. The minimum atomic E-state index is -0.262. The van der Waals surface area contributed by atoms with Gasteiger partial charge in [0.05, 0.1) is 23.1 Å². The number of anilines is 1. The largest absolute Gasteiger partial charge is 0.371 e. The highest BCUT2D eigenvalue weighted by atomic mass is 15.0. The summed E-state index contributed by atoms with van der Waals surface area (Å²) in [4.78, 5) is 5.25. The number of hydrogen-bond acceptors (Lipinski definition) is 2. The summed E-state index contributed by atoms with van der Waals surface area (Å²) in [6, 6.07) is 58.2. The van der Waals surface area contributed by atoms with Crippen molar-refractivity contribution in [2.45, 2.75) is 18.4 Å². The van der Waals surface area contributed by atoms with E-state index in [4.69, 9.17) is 4.99 Å². The van der Waals surface area contributed by atoms with Crippen LogP contribution in [0.2, 0.25) is 0 Å². The SMILES string of the molecule is CC(c1ccccc1)(c1ccccc1)c1ccc(-c2ccc3c(c2)N=C(c2ccccc2)C(c2ccccc2)N3)cc1. The number of rotatable bonds is 6. The fraction of sp³-hybridized carbons (Fsp3) is 0.0750. The highest BCUT2D eigenvalue weighted by molar-refractivity contribution is 6.10. The molecule has 1 N–H and O–H groups in total. The van der Waals surface area contributed by atoms with E-state index in [0.717, 1.165) is 28.2 Å². The molecule has 7 rings (SSSR count). The lowest BCUT2D eigenvalue weighted by Crippen LogP contribution is -2.25. The molecule has 0 saturated carbocycles. The van der Waals surface area contributed by atoms with Crippen molar-refractivity contribution in [1.82, 2.24) is 0 Å². The molecule has 0 radical (unpaired) electrons. The lowest BCUT2D eigenvalue weighted by molar-refractivity contribution is 0.692. The molecule has 2 nitrogen and oxygen atoms in total. The molecule has 0 aromatic heterocycles. The first-order valence-electron chi connectivity index (χ1n) is 14.5. The second-order valence-electron chi connectivity index (χ2n) is 11.0. The Bertz CT molecular complexity index is 1790. The molecular formula is C40H32N2. The number of hydrogen-bond donors (Lipinski definition) is 1. The van der Waals surface area contributed by atoms with Gasteiger partial charge in [-0.3, -0.25) is 0 Å². The molecule has 1 unspecified atom stereocenters. The van der Waals surface area contributed by atoms with Gasteiger partial charge in [-0.2, -0.15) is 0 Å². The Morgan fingerprint density at radius 1 is 0.500 bits per heavy atom. The van der Waals surface area contributed by atoms with Crippen LogP contribution in [0.25, 0.3) is 11.1 Å². The zero-order valence-corrected chi connectivity index (χ0v) is 23.6. The molecule has 2 heteroatoms. The maximum absolute atomic E-state index is 5.25. The number of fused-ring (bicyclic) bond motifs is 1. The molecule has 0 fully saturated rings. The summed E-state index contributed by atoms with van der Waals surface area (Å²) >= 11 is 0. The predicted molar refractivity (Wildman–Crippen MR) is 176 cm³/mol. The van der Waals surface area contributed by atoms with Gasteiger partial charge < -0.3 is 5.32 Å². The lowest BCUT2D eigenvalue weighted by atomic mass is 9.71. The van der Waals surface area contributed by atoms with Gasteiger partial charge >= 0.3 is 0 Å². The van der Waals surface area contributed by atoms with Crippen molar-refractivity contribution >= 4 is 17.1 Å². The molecule has 202 valence electrons. The summed E-state index contributed by atoms with van der Waals surface area (Å²) in [7, 11) is 0. The fourth-order valence-corrected chi connectivity index (χ4v) is 6.11. The smallest absolute Gasteiger partial charge is 0.0947 e. The number of nitrogens with zero attached hydrogens (tertiary/aromatic N) is 1. The number of benzene rings is 6. The highest BCUT2D eigenvalue weighted by Gasteiger charge is 2.31. The van der Waals surface area contributed by atoms with E-state index in [1.807, 2.05) is 6.07 Å². The van der Waals surface area contributed by atoms with E-state index in [9.17, 15) is 0 Å². The second kappa shape index (κ2) is 11.0. The van der Waals surface area contributed by atoms with Crippen LogP contribution in [0.1, 0.15) is 40.8 Å². The first-order valence-corrected chi connectivity index (χ1v) is 14.5. The number of aliphatic imine (C=N–C) groups is 1. The Balaban J connectivity index is 1.27. The van der Waals surface area contributed by atoms with Gasteiger partial charge in [0, 0.05) is 5.41 Å². The van der Waals surface area contributed by atoms with E-state index < -0.39 is 0 Å². The molecule has 1 aliphatic heterocycles. The molecule has 0 aliphatic carbocycles. The van der Waals surface area contributed by atoms with Crippen LogP contribution >= 0.6 is 0 Å². The van der Waals surface area contributed by atoms with Crippen LogP contribution in [0.15, 0.2) is 169 Å². The first-order chi connectivity index (χ1) is 20.7. The summed E-state index contributed by atoms with van der Waals surface area (Å²) in [6.45, 7) is 2.32. The van der Waals surface area contributed by atoms with Crippen molar-refractivity contribution in [3.8, 4) is 11.1 Å². The number of nitrogens with one attached hydrogen (secondary N) is 1. The monoisotopic (exact) mass is 540 g/mol. The van der Waals surface area contributed by atoms with E-state index in [0.29, 0.717) is 0 Å². The third kappa shape index (κ3) is 4.71. The average molecular weight is 541 g/mol. The molecular weight excluding hydrogens is 508 g/mol. The van der Waals surface area contributed by atoms with Gasteiger partial charge in [-0.25, -0.2) is 4.99 Å². The molecule has 42 heavy (non-hydrogen) atoms. The highest BCUT2D eigenvalue weighted by Crippen LogP contribution is 2.41. The summed E-state index contributed by atoms with van der Waals surface area (Å²) in [5.41, 5.74) is 11.2. The van der Waals surface area contributed by atoms with Crippen LogP contribution in [0.3, 0.4) is 0 Å². The molecule has 6 aromatic rings. The molecule has 1 aliphatic rings. The van der Waals surface area contributed by atoms with E-state index in [2.05, 4.69) is 170 Å². The van der Waals surface area contributed by atoms with Crippen molar-refractivity contribution in [2.24, 2.45) is 4.99 Å². The van der Waals surface area contributed by atoms with Crippen LogP contribution in [0.4, 0.5) is 11.4 Å². The van der Waals surface area contributed by atoms with Gasteiger partial charge in [0.2, 0.25) is 0 Å². The minimum Gasteiger partial charge on any atom is -0.371 e. The predicted octanol–water partition coefficient (Wildman–Crippen LogP) is 10.00. The van der Waals surface area contributed by atoms with E-state index >= 15 is 0 Å². The summed E-state index contributed by atoms with van der Waals surface area (Å²) in [6.07, 6.45) is 0. The third-order valence-corrected chi connectivity index (χ3v) is 8.51. The molecule has 0 bridgehead atoms. The molecule has 0 saturated heterocycles. The van der Waals surface area contributed by atoms with Gasteiger partial charge in [0.1, 0.15) is 0 Å².